The molecule has 1 nitrogen and oxygen atoms in total. The van der Waals surface area contributed by atoms with Gasteiger partial charge in [-0.2, -0.15) is 0 Å². The van der Waals surface area contributed by atoms with E-state index in [4.69, 9.17) is 0 Å². The highest BCUT2D eigenvalue weighted by Gasteiger charge is 2.19. The first kappa shape index (κ1) is 9.20. The van der Waals surface area contributed by atoms with Gasteiger partial charge in [0.2, 0.25) is 0 Å². The van der Waals surface area contributed by atoms with Crippen LogP contribution in [0.4, 0.5) is 0 Å². The predicted octanol–water partition coefficient (Wildman–Crippen LogP) is 3.32. The molecular formula is C13H14O. The standard InChI is InChI=1S/C13H14O/c1-2-13(14)12-8-6-11(7-9-12)10-4-3-5-10/h2,6-10H,1,3-5H2. The molecule has 1 aromatic rings. The zero-order chi connectivity index (χ0) is 9.97. The number of hydrogen-bond donors (Lipinski definition) is 0. The Morgan fingerprint density at radius 3 is 2.36 bits per heavy atom. The summed E-state index contributed by atoms with van der Waals surface area (Å²) < 4.78 is 0. The summed E-state index contributed by atoms with van der Waals surface area (Å²) in [7, 11) is 0. The molecule has 0 aromatic heterocycles. The molecule has 1 fully saturated rings. The van der Waals surface area contributed by atoms with Gasteiger partial charge in [0.1, 0.15) is 0 Å². The molecule has 72 valence electrons. The smallest absolute Gasteiger partial charge is 0.185 e. The monoisotopic (exact) mass is 186 g/mol. The maximum atomic E-state index is 11.3. The van der Waals surface area contributed by atoms with Gasteiger partial charge in [0.25, 0.3) is 0 Å². The van der Waals surface area contributed by atoms with E-state index in [1.54, 1.807) is 0 Å². The van der Waals surface area contributed by atoms with Gasteiger partial charge in [0.15, 0.2) is 5.78 Å². The van der Waals surface area contributed by atoms with Gasteiger partial charge in [0, 0.05) is 5.56 Å². The number of allylic oxidation sites excluding steroid dienone is 1. The van der Waals surface area contributed by atoms with Crippen molar-refractivity contribution >= 4 is 5.78 Å². The second kappa shape index (κ2) is 3.79. The predicted molar refractivity (Wildman–Crippen MR) is 57.6 cm³/mol. The number of benzene rings is 1. The molecule has 0 N–H and O–H groups in total. The van der Waals surface area contributed by atoms with Crippen LogP contribution in [-0.4, -0.2) is 5.78 Å². The van der Waals surface area contributed by atoms with Gasteiger partial charge >= 0.3 is 0 Å². The van der Waals surface area contributed by atoms with E-state index in [-0.39, 0.29) is 5.78 Å². The molecule has 0 aliphatic heterocycles. The average molecular weight is 186 g/mol. The summed E-state index contributed by atoms with van der Waals surface area (Å²) in [6.07, 6.45) is 5.31. The first-order chi connectivity index (χ1) is 6.81. The molecule has 0 radical (unpaired) electrons. The van der Waals surface area contributed by atoms with E-state index in [1.165, 1.54) is 30.9 Å². The molecule has 0 heterocycles. The molecule has 14 heavy (non-hydrogen) atoms. The van der Waals surface area contributed by atoms with Gasteiger partial charge in [-0.3, -0.25) is 4.79 Å². The van der Waals surface area contributed by atoms with Gasteiger partial charge in [-0.25, -0.2) is 0 Å². The zero-order valence-electron chi connectivity index (χ0n) is 8.20. The molecule has 0 unspecified atom stereocenters. The van der Waals surface area contributed by atoms with Crippen LogP contribution >= 0.6 is 0 Å². The van der Waals surface area contributed by atoms with Crippen LogP contribution in [0.5, 0.6) is 0 Å². The molecule has 0 spiro atoms. The third-order valence-electron chi connectivity index (χ3n) is 2.96. The number of carbonyl (C=O) groups is 1. The van der Waals surface area contributed by atoms with Crippen LogP contribution in [0.15, 0.2) is 36.9 Å². The van der Waals surface area contributed by atoms with Crippen LogP contribution in [0, 0.1) is 0 Å². The maximum Gasteiger partial charge on any atom is 0.185 e. The maximum absolute atomic E-state index is 11.3. The summed E-state index contributed by atoms with van der Waals surface area (Å²) in [5.41, 5.74) is 2.11. The van der Waals surface area contributed by atoms with Crippen LogP contribution in [0.25, 0.3) is 0 Å². The molecule has 1 aliphatic rings. The molecule has 1 saturated carbocycles. The Labute approximate surface area is 84.5 Å². The molecule has 0 atom stereocenters. The Kier molecular flexibility index (Phi) is 2.49. The third-order valence-corrected chi connectivity index (χ3v) is 2.96. The van der Waals surface area contributed by atoms with Gasteiger partial charge in [-0.05, 0) is 30.4 Å². The molecular weight excluding hydrogens is 172 g/mol. The Morgan fingerprint density at radius 2 is 1.93 bits per heavy atom. The number of rotatable bonds is 3. The summed E-state index contributed by atoms with van der Waals surface area (Å²) in [6.45, 7) is 3.47. The first-order valence-corrected chi connectivity index (χ1v) is 5.08. The van der Waals surface area contributed by atoms with Crippen molar-refractivity contribution in [2.75, 3.05) is 0 Å². The minimum Gasteiger partial charge on any atom is -0.289 e. The number of hydrogen-bond acceptors (Lipinski definition) is 1. The van der Waals surface area contributed by atoms with E-state index in [1.807, 2.05) is 12.1 Å². The minimum absolute atomic E-state index is 0.00478. The van der Waals surface area contributed by atoms with Crippen molar-refractivity contribution in [2.24, 2.45) is 0 Å². The van der Waals surface area contributed by atoms with Crippen molar-refractivity contribution in [3.05, 3.63) is 48.0 Å². The third kappa shape index (κ3) is 1.63. The summed E-state index contributed by atoms with van der Waals surface area (Å²) in [5, 5.41) is 0. The van der Waals surface area contributed by atoms with E-state index >= 15 is 0 Å². The molecule has 1 aromatic carbocycles. The lowest BCUT2D eigenvalue weighted by molar-refractivity contribution is 0.104. The van der Waals surface area contributed by atoms with E-state index in [0.717, 1.165) is 11.5 Å². The lowest BCUT2D eigenvalue weighted by atomic mass is 9.80. The first-order valence-electron chi connectivity index (χ1n) is 5.08. The van der Waals surface area contributed by atoms with Gasteiger partial charge in [-0.1, -0.05) is 37.3 Å². The number of ketones is 1. The zero-order valence-corrected chi connectivity index (χ0v) is 8.20. The van der Waals surface area contributed by atoms with Crippen LogP contribution < -0.4 is 0 Å². The van der Waals surface area contributed by atoms with Crippen molar-refractivity contribution in [2.45, 2.75) is 25.2 Å². The molecule has 0 saturated heterocycles. The van der Waals surface area contributed by atoms with Crippen molar-refractivity contribution < 1.29 is 4.79 Å². The highest BCUT2D eigenvalue weighted by molar-refractivity contribution is 6.04. The van der Waals surface area contributed by atoms with E-state index in [9.17, 15) is 4.79 Å². The molecule has 2 rings (SSSR count). The quantitative estimate of drug-likeness (QED) is 0.522. The SMILES string of the molecule is C=CC(=O)c1ccc(C2CCC2)cc1. The lowest BCUT2D eigenvalue weighted by Gasteiger charge is -2.25. The van der Waals surface area contributed by atoms with Crippen molar-refractivity contribution in [3.63, 3.8) is 0 Å². The van der Waals surface area contributed by atoms with Crippen LogP contribution in [0.3, 0.4) is 0 Å². The summed E-state index contributed by atoms with van der Waals surface area (Å²) in [6, 6.07) is 7.94. The molecule has 1 aliphatic carbocycles. The van der Waals surface area contributed by atoms with Crippen molar-refractivity contribution in [1.29, 1.82) is 0 Å². The van der Waals surface area contributed by atoms with Crippen molar-refractivity contribution in [3.8, 4) is 0 Å². The molecule has 0 bridgehead atoms. The molecule has 1 heteroatoms. The van der Waals surface area contributed by atoms with Gasteiger partial charge < -0.3 is 0 Å². The second-order valence-electron chi connectivity index (χ2n) is 3.82. The fourth-order valence-corrected chi connectivity index (χ4v) is 1.78. The minimum atomic E-state index is 0.00478. The van der Waals surface area contributed by atoms with Crippen LogP contribution in [-0.2, 0) is 0 Å². The normalized spacial score (nSPS) is 16.0. The second-order valence-corrected chi connectivity index (χ2v) is 3.82. The fraction of sp³-hybridized carbons (Fsp3) is 0.308. The fourth-order valence-electron chi connectivity index (χ4n) is 1.78. The van der Waals surface area contributed by atoms with E-state index in [2.05, 4.69) is 18.7 Å². The topological polar surface area (TPSA) is 17.1 Å². The van der Waals surface area contributed by atoms with Crippen molar-refractivity contribution in [1.82, 2.24) is 0 Å². The highest BCUT2D eigenvalue weighted by atomic mass is 16.1. The van der Waals surface area contributed by atoms with E-state index < -0.39 is 0 Å². The summed E-state index contributed by atoms with van der Waals surface area (Å²) in [4.78, 5) is 11.3. The largest absolute Gasteiger partial charge is 0.289 e. The highest BCUT2D eigenvalue weighted by Crippen LogP contribution is 2.36. The Morgan fingerprint density at radius 1 is 1.29 bits per heavy atom. The molecule has 0 amide bonds. The summed E-state index contributed by atoms with van der Waals surface area (Å²) in [5.74, 6) is 0.744. The van der Waals surface area contributed by atoms with Gasteiger partial charge in [-0.15, -0.1) is 0 Å². The Balaban J connectivity index is 2.16. The average Bonchev–Trinajstić information content (AvgIpc) is 2.15. The summed E-state index contributed by atoms with van der Waals surface area (Å²) >= 11 is 0. The Bertz CT molecular complexity index is 344. The van der Waals surface area contributed by atoms with Gasteiger partial charge in [0.05, 0.1) is 0 Å². The lowest BCUT2D eigenvalue weighted by Crippen LogP contribution is -2.08. The van der Waals surface area contributed by atoms with Crippen LogP contribution in [0.1, 0.15) is 41.1 Å². The van der Waals surface area contributed by atoms with E-state index in [0.29, 0.717) is 0 Å². The van der Waals surface area contributed by atoms with Crippen LogP contribution in [0.2, 0.25) is 0 Å². The number of carbonyl (C=O) groups excluding carboxylic acids is 1. The Hall–Kier alpha value is -1.37.